The zero-order valence-electron chi connectivity index (χ0n) is 16.0. The van der Waals surface area contributed by atoms with Gasteiger partial charge < -0.3 is 26.0 Å². The van der Waals surface area contributed by atoms with Crippen LogP contribution in [0.1, 0.15) is 24.0 Å². The van der Waals surface area contributed by atoms with Gasteiger partial charge in [-0.2, -0.15) is 0 Å². The zero-order chi connectivity index (χ0) is 21.2. The van der Waals surface area contributed by atoms with Gasteiger partial charge in [-0.25, -0.2) is 4.98 Å². The minimum atomic E-state index is -1.11. The first-order valence-corrected chi connectivity index (χ1v) is 9.25. The smallest absolute Gasteiger partial charge is 0.255 e. The van der Waals surface area contributed by atoms with Gasteiger partial charge in [0.2, 0.25) is 0 Å². The van der Waals surface area contributed by atoms with Crippen molar-refractivity contribution in [3.63, 3.8) is 0 Å². The lowest BCUT2D eigenvalue weighted by atomic mass is 9.61. The Balaban J connectivity index is 1.89. The van der Waals surface area contributed by atoms with Gasteiger partial charge in [0.25, 0.3) is 5.91 Å². The van der Waals surface area contributed by atoms with Crippen LogP contribution in [0.2, 0.25) is 0 Å². The van der Waals surface area contributed by atoms with Crippen LogP contribution in [0.25, 0.3) is 5.76 Å². The first kappa shape index (κ1) is 19.0. The van der Waals surface area contributed by atoms with Crippen LogP contribution >= 0.6 is 0 Å². The minimum Gasteiger partial charge on any atom is -0.511 e. The number of hydrogen-bond donors (Lipinski definition) is 4. The summed E-state index contributed by atoms with van der Waals surface area (Å²) in [5.74, 6) is -4.87. The lowest BCUT2D eigenvalue weighted by Gasteiger charge is -2.41. The molecule has 3 aliphatic carbocycles. The highest BCUT2D eigenvalue weighted by Gasteiger charge is 2.51. The van der Waals surface area contributed by atoms with Crippen LogP contribution in [0.4, 0.5) is 5.82 Å². The molecule has 5 N–H and O–H groups in total. The topological polar surface area (TPSA) is 154 Å². The maximum Gasteiger partial charge on any atom is 0.255 e. The highest BCUT2D eigenvalue weighted by atomic mass is 16.3. The van der Waals surface area contributed by atoms with E-state index < -0.39 is 46.6 Å². The molecule has 9 heteroatoms. The number of aromatic hydroxyl groups is 1. The van der Waals surface area contributed by atoms with Gasteiger partial charge in [-0.15, -0.1) is 0 Å². The number of aromatic nitrogens is 1. The van der Waals surface area contributed by atoms with Gasteiger partial charge in [0, 0.05) is 31.7 Å². The Labute approximate surface area is 166 Å². The van der Waals surface area contributed by atoms with Crippen LogP contribution in [-0.4, -0.2) is 51.9 Å². The molecule has 1 aromatic heterocycles. The number of allylic oxidation sites excluding steroid dienone is 2. The van der Waals surface area contributed by atoms with E-state index in [1.54, 1.807) is 19.0 Å². The Kier molecular flexibility index (Phi) is 4.14. The third-order valence-corrected chi connectivity index (χ3v) is 6.04. The molecule has 3 atom stereocenters. The molecule has 29 heavy (non-hydrogen) atoms. The van der Waals surface area contributed by atoms with Crippen LogP contribution in [0, 0.1) is 17.8 Å². The van der Waals surface area contributed by atoms with E-state index in [1.807, 2.05) is 0 Å². The van der Waals surface area contributed by atoms with Crippen molar-refractivity contribution in [2.75, 3.05) is 19.0 Å². The van der Waals surface area contributed by atoms with Crippen molar-refractivity contribution in [3.8, 4) is 5.75 Å². The molecule has 0 radical (unpaired) electrons. The standard InChI is InChI=1S/C20H21N3O6/c1-23(2)20-9-4-7-3-8-5-10(24)15(19(21)29)18(28)13(8)16(26)12(7)17(27)14(9)11(25)6-22-20/h6-8,13,25,27-28H,3-5H2,1-2H3,(H2,21,29). The summed E-state index contributed by atoms with van der Waals surface area (Å²) in [6.07, 6.45) is 1.84. The normalized spacial score (nSPS) is 26.1. The third kappa shape index (κ3) is 2.60. The maximum atomic E-state index is 13.2. The molecule has 0 bridgehead atoms. The number of hydrogen-bond acceptors (Lipinski definition) is 8. The number of fused-ring (bicyclic) bond motifs is 3. The fourth-order valence-corrected chi connectivity index (χ4v) is 4.90. The van der Waals surface area contributed by atoms with Crippen LogP contribution in [-0.2, 0) is 20.8 Å². The zero-order valence-corrected chi connectivity index (χ0v) is 16.0. The lowest BCUT2D eigenvalue weighted by molar-refractivity contribution is -0.127. The number of aliphatic hydroxyl groups is 2. The number of nitrogens with zero attached hydrogens (tertiary/aromatic N) is 2. The first-order chi connectivity index (χ1) is 13.6. The summed E-state index contributed by atoms with van der Waals surface area (Å²) in [5.41, 5.74) is 5.52. The number of pyridine rings is 1. The Hall–Kier alpha value is -3.36. The number of carbonyl (C=O) groups is 3. The van der Waals surface area contributed by atoms with Gasteiger partial charge in [0.15, 0.2) is 11.6 Å². The maximum absolute atomic E-state index is 13.2. The number of Topliss-reactive ketones (excluding diaryl/α,β-unsaturated/α-hetero) is 2. The molecule has 0 aromatic carbocycles. The van der Waals surface area contributed by atoms with Crippen molar-refractivity contribution in [1.82, 2.24) is 4.98 Å². The average molecular weight is 399 g/mol. The van der Waals surface area contributed by atoms with E-state index in [0.29, 0.717) is 24.2 Å². The second kappa shape index (κ2) is 6.33. The summed E-state index contributed by atoms with van der Waals surface area (Å²) >= 11 is 0. The summed E-state index contributed by atoms with van der Waals surface area (Å²) < 4.78 is 0. The highest BCUT2D eigenvalue weighted by molar-refractivity contribution is 6.21. The van der Waals surface area contributed by atoms with Crippen molar-refractivity contribution >= 4 is 29.1 Å². The average Bonchev–Trinajstić information content (AvgIpc) is 2.60. The monoisotopic (exact) mass is 399 g/mol. The molecule has 152 valence electrons. The summed E-state index contributed by atoms with van der Waals surface area (Å²) in [6.45, 7) is 0. The quantitative estimate of drug-likeness (QED) is 0.532. The van der Waals surface area contributed by atoms with Crippen LogP contribution in [0.5, 0.6) is 5.75 Å². The predicted molar refractivity (Wildman–Crippen MR) is 102 cm³/mol. The molecule has 1 aromatic rings. The minimum absolute atomic E-state index is 0.0744. The van der Waals surface area contributed by atoms with Crippen LogP contribution in [0.15, 0.2) is 23.1 Å². The van der Waals surface area contributed by atoms with Crippen molar-refractivity contribution in [2.45, 2.75) is 19.3 Å². The third-order valence-electron chi connectivity index (χ3n) is 6.04. The number of nitrogens with two attached hydrogens (primary N) is 1. The summed E-state index contributed by atoms with van der Waals surface area (Å²) in [4.78, 5) is 43.1. The van der Waals surface area contributed by atoms with Gasteiger partial charge in [-0.1, -0.05) is 0 Å². The van der Waals surface area contributed by atoms with E-state index in [-0.39, 0.29) is 29.1 Å². The Morgan fingerprint density at radius 3 is 2.52 bits per heavy atom. The number of rotatable bonds is 2. The fourth-order valence-electron chi connectivity index (χ4n) is 4.90. The number of ketones is 2. The molecule has 3 aliphatic rings. The lowest BCUT2D eigenvalue weighted by Crippen LogP contribution is -2.44. The van der Waals surface area contributed by atoms with Gasteiger partial charge in [0.05, 0.1) is 17.7 Å². The molecule has 3 unspecified atom stereocenters. The van der Waals surface area contributed by atoms with E-state index >= 15 is 0 Å². The van der Waals surface area contributed by atoms with Crippen molar-refractivity contribution in [3.05, 3.63) is 34.2 Å². The van der Waals surface area contributed by atoms with E-state index in [0.717, 1.165) is 0 Å². The van der Waals surface area contributed by atoms with Crippen molar-refractivity contribution in [1.29, 1.82) is 0 Å². The van der Waals surface area contributed by atoms with E-state index in [2.05, 4.69) is 4.98 Å². The molecule has 0 saturated heterocycles. The number of anilines is 1. The largest absolute Gasteiger partial charge is 0.511 e. The SMILES string of the molecule is CN(C)c1ncc(O)c2c1CC1CC3CC(=O)C(C(N)=O)=C(O)C3C(=O)C1=C2O. The van der Waals surface area contributed by atoms with E-state index in [9.17, 15) is 29.7 Å². The molecule has 9 nitrogen and oxygen atoms in total. The predicted octanol–water partition coefficient (Wildman–Crippen LogP) is 0.770. The van der Waals surface area contributed by atoms with Crippen LogP contribution < -0.4 is 10.6 Å². The van der Waals surface area contributed by atoms with E-state index in [1.165, 1.54) is 6.20 Å². The molecule has 1 heterocycles. The summed E-state index contributed by atoms with van der Waals surface area (Å²) in [5, 5.41) is 31.7. The molecular weight excluding hydrogens is 378 g/mol. The molecule has 4 rings (SSSR count). The number of aliphatic hydroxyl groups excluding tert-OH is 2. The molecule has 0 aliphatic heterocycles. The number of carbonyl (C=O) groups excluding carboxylic acids is 3. The molecule has 1 amide bonds. The Morgan fingerprint density at radius 1 is 1.21 bits per heavy atom. The molecule has 1 fully saturated rings. The fraction of sp³-hybridized carbons (Fsp3) is 0.400. The van der Waals surface area contributed by atoms with Gasteiger partial charge in [-0.3, -0.25) is 14.4 Å². The number of amides is 1. The van der Waals surface area contributed by atoms with Crippen molar-refractivity contribution in [2.24, 2.45) is 23.5 Å². The van der Waals surface area contributed by atoms with Gasteiger partial charge in [-0.05, 0) is 24.7 Å². The second-order valence-corrected chi connectivity index (χ2v) is 7.97. The Bertz CT molecular complexity index is 1040. The van der Waals surface area contributed by atoms with E-state index in [4.69, 9.17) is 5.73 Å². The van der Waals surface area contributed by atoms with Gasteiger partial charge >= 0.3 is 0 Å². The first-order valence-electron chi connectivity index (χ1n) is 9.25. The highest BCUT2D eigenvalue weighted by Crippen LogP contribution is 2.50. The molecule has 1 saturated carbocycles. The Morgan fingerprint density at radius 2 is 1.90 bits per heavy atom. The second-order valence-electron chi connectivity index (χ2n) is 7.97. The van der Waals surface area contributed by atoms with Gasteiger partial charge in [0.1, 0.15) is 28.7 Å². The van der Waals surface area contributed by atoms with Crippen molar-refractivity contribution < 1.29 is 29.7 Å². The number of primary amides is 1. The molecular formula is C20H21N3O6. The summed E-state index contributed by atoms with van der Waals surface area (Å²) in [6, 6.07) is 0. The molecule has 0 spiro atoms. The van der Waals surface area contributed by atoms with Crippen LogP contribution in [0.3, 0.4) is 0 Å². The summed E-state index contributed by atoms with van der Waals surface area (Å²) in [7, 11) is 3.57.